The lowest BCUT2D eigenvalue weighted by Gasteiger charge is -2.61. The lowest BCUT2D eigenvalue weighted by Crippen LogP contribution is -2.55. The highest BCUT2D eigenvalue weighted by Gasteiger charge is 2.62. The first-order chi connectivity index (χ1) is 30.9. The maximum absolute atomic E-state index is 5.39. The van der Waals surface area contributed by atoms with Gasteiger partial charge in [0.2, 0.25) is 0 Å². The third-order valence-electron chi connectivity index (χ3n) is 16.6. The zero-order chi connectivity index (χ0) is 41.6. The predicted octanol–water partition coefficient (Wildman–Crippen LogP) is 14.0. The summed E-state index contributed by atoms with van der Waals surface area (Å²) in [5.41, 5.74) is 20.7. The lowest BCUT2D eigenvalue weighted by molar-refractivity contribution is -0.0399. The Hall–Kier alpha value is -6.42. The molecule has 1 aromatic heterocycles. The standard InChI is InChI=1S/C60H48N2Si/c1-63(2)53-19-11-9-17-48(53)55-54-47-16-8-10-18-50(47)60(44-31-36-30-37(33-44)34-45(60)32-36)51(54)35-49(59(55)63)41-24-20-38(21-25-41)39-22-26-43(27-23-39)57-56(42-13-4-3-5-14-42)61-52-29-28-40-12-6-7-15-46(40)58(52)62-57/h3-29,35-37,44-45H,30-34H2,1-2H3. The van der Waals surface area contributed by atoms with Gasteiger partial charge in [-0.1, -0.05) is 171 Å². The van der Waals surface area contributed by atoms with Gasteiger partial charge in [-0.05, 0) is 139 Å². The molecule has 302 valence electrons. The van der Waals surface area contributed by atoms with Crippen LogP contribution in [0.1, 0.15) is 43.2 Å². The van der Waals surface area contributed by atoms with E-state index in [1.54, 1.807) is 32.6 Å². The molecule has 63 heavy (non-hydrogen) atoms. The first kappa shape index (κ1) is 36.1. The molecule has 1 aliphatic heterocycles. The Morgan fingerprint density at radius 1 is 0.460 bits per heavy atom. The van der Waals surface area contributed by atoms with Gasteiger partial charge in [0, 0.05) is 21.9 Å². The SMILES string of the molecule is C[Si]1(C)c2ccccc2-c2c3c(cc(-c4ccc(-c5ccc(-c6nc7c(ccc8ccccc87)nc6-c6ccccc6)cc5)cc4)c21)C1(c2ccccc2-3)C2CC3CC(C2)CC1C3. The largest absolute Gasteiger partial charge is 0.244 e. The van der Waals surface area contributed by atoms with Gasteiger partial charge in [0.05, 0.1) is 22.4 Å². The Morgan fingerprint density at radius 2 is 1.05 bits per heavy atom. The molecular weight excluding hydrogens is 777 g/mol. The number of hydrogen-bond donors (Lipinski definition) is 0. The van der Waals surface area contributed by atoms with Crippen molar-refractivity contribution in [3.05, 3.63) is 181 Å². The van der Waals surface area contributed by atoms with Gasteiger partial charge in [0.25, 0.3) is 0 Å². The summed E-state index contributed by atoms with van der Waals surface area (Å²) in [5.74, 6) is 3.31. The van der Waals surface area contributed by atoms with Crippen molar-refractivity contribution >= 4 is 40.3 Å². The summed E-state index contributed by atoms with van der Waals surface area (Å²) in [6.07, 6.45) is 7.06. The first-order valence-electron chi connectivity index (χ1n) is 23.3. The van der Waals surface area contributed by atoms with Gasteiger partial charge in [-0.15, -0.1) is 0 Å². The molecule has 0 N–H and O–H groups in total. The second-order valence-corrected chi connectivity index (χ2v) is 24.4. The van der Waals surface area contributed by atoms with Crippen LogP contribution in [-0.2, 0) is 5.41 Å². The van der Waals surface area contributed by atoms with E-state index in [9.17, 15) is 0 Å². The molecule has 4 saturated carbocycles. The van der Waals surface area contributed by atoms with Crippen molar-refractivity contribution in [3.63, 3.8) is 0 Å². The normalized spacial score (nSPS) is 23.0. The molecule has 1 spiro atoms. The summed E-state index contributed by atoms with van der Waals surface area (Å²) in [6, 6.07) is 63.7. The van der Waals surface area contributed by atoms with E-state index in [2.05, 4.69) is 183 Å². The molecule has 0 unspecified atom stereocenters. The number of rotatable bonds is 4. The Morgan fingerprint density at radius 3 is 1.79 bits per heavy atom. The predicted molar refractivity (Wildman–Crippen MR) is 264 cm³/mol. The number of nitrogens with zero attached hydrogens (tertiary/aromatic N) is 2. The molecule has 0 atom stereocenters. The molecule has 2 nitrogen and oxygen atoms in total. The lowest BCUT2D eigenvalue weighted by atomic mass is 9.43. The van der Waals surface area contributed by atoms with Gasteiger partial charge >= 0.3 is 0 Å². The summed E-state index contributed by atoms with van der Waals surface area (Å²) < 4.78 is 0. The highest BCUT2D eigenvalue weighted by Crippen LogP contribution is 2.70. The van der Waals surface area contributed by atoms with E-state index in [1.165, 1.54) is 70.9 Å². The van der Waals surface area contributed by atoms with Gasteiger partial charge in [0.15, 0.2) is 0 Å². The Balaban J connectivity index is 0.900. The summed E-state index contributed by atoms with van der Waals surface area (Å²) >= 11 is 0. The maximum atomic E-state index is 5.39. The minimum atomic E-state index is -2.06. The van der Waals surface area contributed by atoms with E-state index < -0.39 is 8.07 Å². The molecule has 5 aliphatic carbocycles. The van der Waals surface area contributed by atoms with E-state index in [1.807, 2.05) is 0 Å². The smallest absolute Gasteiger partial charge is 0.114 e. The topological polar surface area (TPSA) is 25.8 Å². The second kappa shape index (κ2) is 13.1. The summed E-state index contributed by atoms with van der Waals surface area (Å²) in [7, 11) is -2.06. The second-order valence-electron chi connectivity index (χ2n) is 20.1. The fraction of sp³-hybridized carbons (Fsp3) is 0.200. The zero-order valence-corrected chi connectivity index (χ0v) is 36.9. The molecule has 9 aromatic rings. The van der Waals surface area contributed by atoms with E-state index in [0.717, 1.165) is 62.6 Å². The monoisotopic (exact) mass is 824 g/mol. The Labute approximate surface area is 370 Å². The third kappa shape index (κ3) is 4.95. The van der Waals surface area contributed by atoms with Gasteiger partial charge in [0.1, 0.15) is 8.07 Å². The third-order valence-corrected chi connectivity index (χ3v) is 20.2. The van der Waals surface area contributed by atoms with Crippen molar-refractivity contribution in [2.45, 2.75) is 50.6 Å². The van der Waals surface area contributed by atoms with Gasteiger partial charge in [-0.2, -0.15) is 0 Å². The van der Waals surface area contributed by atoms with Crippen LogP contribution in [0.4, 0.5) is 0 Å². The van der Waals surface area contributed by atoms with Crippen LogP contribution in [0, 0.1) is 23.7 Å². The van der Waals surface area contributed by atoms with Crippen LogP contribution in [0.15, 0.2) is 170 Å². The summed E-state index contributed by atoms with van der Waals surface area (Å²) in [5, 5.41) is 5.53. The first-order valence-corrected chi connectivity index (χ1v) is 26.3. The minimum absolute atomic E-state index is 0.122. The number of hydrogen-bond acceptors (Lipinski definition) is 2. The molecule has 4 fully saturated rings. The quantitative estimate of drug-likeness (QED) is 0.130. The maximum Gasteiger partial charge on any atom is 0.114 e. The van der Waals surface area contributed by atoms with Crippen molar-refractivity contribution < 1.29 is 0 Å². The van der Waals surface area contributed by atoms with Gasteiger partial charge in [-0.3, -0.25) is 0 Å². The molecule has 4 bridgehead atoms. The van der Waals surface area contributed by atoms with E-state index in [0.29, 0.717) is 0 Å². The molecule has 0 radical (unpaired) electrons. The van der Waals surface area contributed by atoms with Crippen LogP contribution < -0.4 is 10.4 Å². The van der Waals surface area contributed by atoms with Crippen molar-refractivity contribution in [1.29, 1.82) is 0 Å². The summed E-state index contributed by atoms with van der Waals surface area (Å²) in [6.45, 7) is 5.21. The fourth-order valence-electron chi connectivity index (χ4n) is 14.3. The van der Waals surface area contributed by atoms with E-state index in [4.69, 9.17) is 9.97 Å². The Kier molecular flexibility index (Phi) is 7.48. The molecule has 15 rings (SSSR count). The van der Waals surface area contributed by atoms with Crippen molar-refractivity contribution in [2.75, 3.05) is 0 Å². The molecule has 2 heterocycles. The van der Waals surface area contributed by atoms with Gasteiger partial charge < -0.3 is 0 Å². The number of benzene rings is 8. The summed E-state index contributed by atoms with van der Waals surface area (Å²) in [4.78, 5) is 10.6. The average molecular weight is 825 g/mol. The Bertz CT molecular complexity index is 3340. The molecule has 0 amide bonds. The number of aromatic nitrogens is 2. The van der Waals surface area contributed by atoms with E-state index in [-0.39, 0.29) is 5.41 Å². The zero-order valence-electron chi connectivity index (χ0n) is 35.9. The van der Waals surface area contributed by atoms with Crippen molar-refractivity contribution in [1.82, 2.24) is 9.97 Å². The van der Waals surface area contributed by atoms with Crippen LogP contribution in [0.25, 0.3) is 88.8 Å². The molecular formula is C60H48N2Si. The van der Waals surface area contributed by atoms with E-state index >= 15 is 0 Å². The van der Waals surface area contributed by atoms with Crippen molar-refractivity contribution in [3.8, 4) is 67.0 Å². The molecule has 3 heteroatoms. The van der Waals surface area contributed by atoms with Crippen molar-refractivity contribution in [2.24, 2.45) is 23.7 Å². The van der Waals surface area contributed by atoms with Crippen LogP contribution >= 0.6 is 0 Å². The highest BCUT2D eigenvalue weighted by atomic mass is 28.3. The van der Waals surface area contributed by atoms with Crippen LogP contribution in [-0.4, -0.2) is 18.0 Å². The van der Waals surface area contributed by atoms with Crippen LogP contribution in [0.5, 0.6) is 0 Å². The minimum Gasteiger partial charge on any atom is -0.244 e. The molecule has 6 aliphatic rings. The highest BCUT2D eigenvalue weighted by molar-refractivity contribution is 7.04. The average Bonchev–Trinajstić information content (AvgIpc) is 3.75. The molecule has 0 saturated heterocycles. The fourth-order valence-corrected chi connectivity index (χ4v) is 17.7. The van der Waals surface area contributed by atoms with Crippen LogP contribution in [0.3, 0.4) is 0 Å². The van der Waals surface area contributed by atoms with Crippen LogP contribution in [0.2, 0.25) is 13.1 Å². The van der Waals surface area contributed by atoms with Gasteiger partial charge in [-0.25, -0.2) is 9.97 Å². The molecule has 8 aromatic carbocycles. The number of fused-ring (bicyclic) bond motifs is 10.